The standard InChI is InChI=1S/C21H31F3O3/c1-2-3-4-5-6-7-8-9-10-17-15-25-20(26-16-17)18-11-13-19(14-12-18)27-21(22,23)24/h11-14,17,20H,2-10,15-16H2,1H3. The maximum absolute atomic E-state index is 12.2. The number of ether oxygens (including phenoxy) is 3. The third-order valence-corrected chi connectivity index (χ3v) is 4.82. The van der Waals surface area contributed by atoms with Gasteiger partial charge in [0.05, 0.1) is 13.2 Å². The lowest BCUT2D eigenvalue weighted by Gasteiger charge is -2.29. The molecule has 0 amide bonds. The second kappa shape index (κ2) is 11.5. The molecule has 1 saturated heterocycles. The van der Waals surface area contributed by atoms with E-state index in [9.17, 15) is 13.2 Å². The zero-order chi connectivity index (χ0) is 19.5. The molecule has 3 nitrogen and oxygen atoms in total. The van der Waals surface area contributed by atoms with Gasteiger partial charge in [-0.25, -0.2) is 0 Å². The SMILES string of the molecule is CCCCCCCCCCC1COC(c2ccc(OC(F)(F)F)cc2)OC1. The molecule has 0 radical (unpaired) electrons. The molecular formula is C21H31F3O3. The van der Waals surface area contributed by atoms with E-state index in [1.807, 2.05) is 0 Å². The van der Waals surface area contributed by atoms with Gasteiger partial charge >= 0.3 is 6.36 Å². The highest BCUT2D eigenvalue weighted by Gasteiger charge is 2.31. The van der Waals surface area contributed by atoms with Gasteiger partial charge in [0.2, 0.25) is 0 Å². The Morgan fingerprint density at radius 2 is 1.44 bits per heavy atom. The molecule has 0 aliphatic carbocycles. The van der Waals surface area contributed by atoms with Crippen LogP contribution in [0.4, 0.5) is 13.2 Å². The van der Waals surface area contributed by atoms with Crippen LogP contribution in [0.3, 0.4) is 0 Å². The number of hydrogen-bond donors (Lipinski definition) is 0. The molecule has 0 spiro atoms. The third kappa shape index (κ3) is 8.98. The van der Waals surface area contributed by atoms with E-state index >= 15 is 0 Å². The Morgan fingerprint density at radius 1 is 0.889 bits per heavy atom. The minimum absolute atomic E-state index is 0.241. The van der Waals surface area contributed by atoms with E-state index in [0.717, 1.165) is 6.42 Å². The second-order valence-electron chi connectivity index (χ2n) is 7.25. The first-order chi connectivity index (χ1) is 13.0. The smallest absolute Gasteiger partial charge is 0.406 e. The fraction of sp³-hybridized carbons (Fsp3) is 0.714. The van der Waals surface area contributed by atoms with Gasteiger partial charge < -0.3 is 14.2 Å². The highest BCUT2D eigenvalue weighted by atomic mass is 19.4. The van der Waals surface area contributed by atoms with Gasteiger partial charge in [-0.2, -0.15) is 0 Å². The molecule has 0 bridgehead atoms. The van der Waals surface area contributed by atoms with Crippen LogP contribution in [-0.4, -0.2) is 19.6 Å². The van der Waals surface area contributed by atoms with E-state index in [1.165, 1.54) is 63.5 Å². The first-order valence-electron chi connectivity index (χ1n) is 10.1. The van der Waals surface area contributed by atoms with Crippen LogP contribution in [0, 0.1) is 5.92 Å². The zero-order valence-corrected chi connectivity index (χ0v) is 16.1. The minimum Gasteiger partial charge on any atom is -0.406 e. The Bertz CT molecular complexity index is 508. The van der Waals surface area contributed by atoms with Gasteiger partial charge in [-0.1, -0.05) is 70.4 Å². The van der Waals surface area contributed by atoms with Gasteiger partial charge in [-0.05, 0) is 18.6 Å². The molecule has 1 fully saturated rings. The molecule has 1 aromatic carbocycles. The molecule has 0 unspecified atom stereocenters. The molecule has 2 rings (SSSR count). The molecule has 0 aromatic heterocycles. The number of benzene rings is 1. The van der Waals surface area contributed by atoms with Crippen molar-refractivity contribution in [2.75, 3.05) is 13.2 Å². The van der Waals surface area contributed by atoms with Crippen molar-refractivity contribution in [1.29, 1.82) is 0 Å². The summed E-state index contributed by atoms with van der Waals surface area (Å²) in [6.07, 6.45) is 6.31. The van der Waals surface area contributed by atoms with Crippen molar-refractivity contribution in [1.82, 2.24) is 0 Å². The van der Waals surface area contributed by atoms with E-state index in [1.54, 1.807) is 12.1 Å². The first-order valence-corrected chi connectivity index (χ1v) is 10.1. The van der Waals surface area contributed by atoms with E-state index < -0.39 is 12.7 Å². The summed E-state index contributed by atoms with van der Waals surface area (Å²) in [5, 5.41) is 0. The van der Waals surface area contributed by atoms with Gasteiger partial charge in [0.25, 0.3) is 0 Å². The van der Waals surface area contributed by atoms with Crippen LogP contribution < -0.4 is 4.74 Å². The summed E-state index contributed by atoms with van der Waals surface area (Å²) in [5.41, 5.74) is 0.704. The normalized spacial score (nSPS) is 20.6. The number of halogens is 3. The molecule has 1 aliphatic heterocycles. The Kier molecular flexibility index (Phi) is 9.42. The molecule has 6 heteroatoms. The fourth-order valence-electron chi connectivity index (χ4n) is 3.30. The highest BCUT2D eigenvalue weighted by molar-refractivity contribution is 5.28. The monoisotopic (exact) mass is 388 g/mol. The second-order valence-corrected chi connectivity index (χ2v) is 7.25. The lowest BCUT2D eigenvalue weighted by Crippen LogP contribution is -2.27. The molecular weight excluding hydrogens is 357 g/mol. The molecule has 0 saturated carbocycles. The van der Waals surface area contributed by atoms with E-state index in [4.69, 9.17) is 9.47 Å². The zero-order valence-electron chi connectivity index (χ0n) is 16.1. The van der Waals surface area contributed by atoms with Crippen molar-refractivity contribution in [2.45, 2.75) is 77.4 Å². The lowest BCUT2D eigenvalue weighted by molar-refractivity contribution is -0.274. The molecule has 0 atom stereocenters. The van der Waals surface area contributed by atoms with Gasteiger partial charge in [0.1, 0.15) is 5.75 Å². The van der Waals surface area contributed by atoms with Gasteiger partial charge in [-0.3, -0.25) is 0 Å². The Balaban J connectivity index is 1.60. The average molecular weight is 388 g/mol. The average Bonchev–Trinajstić information content (AvgIpc) is 2.64. The molecule has 1 aromatic rings. The summed E-state index contributed by atoms with van der Waals surface area (Å²) >= 11 is 0. The van der Waals surface area contributed by atoms with E-state index in [2.05, 4.69) is 11.7 Å². The maximum Gasteiger partial charge on any atom is 0.573 e. The number of rotatable bonds is 11. The molecule has 1 heterocycles. The summed E-state index contributed by atoms with van der Waals surface area (Å²) < 4.78 is 51.9. The highest BCUT2D eigenvalue weighted by Crippen LogP contribution is 2.30. The van der Waals surface area contributed by atoms with Crippen molar-refractivity contribution in [2.24, 2.45) is 5.92 Å². The summed E-state index contributed by atoms with van der Waals surface area (Å²) in [4.78, 5) is 0. The topological polar surface area (TPSA) is 27.7 Å². The van der Waals surface area contributed by atoms with Crippen LogP contribution in [0.1, 0.15) is 76.6 Å². The van der Waals surface area contributed by atoms with Crippen LogP contribution in [0.2, 0.25) is 0 Å². The Hall–Kier alpha value is -1.27. The third-order valence-electron chi connectivity index (χ3n) is 4.82. The van der Waals surface area contributed by atoms with E-state index in [-0.39, 0.29) is 5.75 Å². The van der Waals surface area contributed by atoms with Crippen molar-refractivity contribution < 1.29 is 27.4 Å². The Morgan fingerprint density at radius 3 is 2.00 bits per heavy atom. The van der Waals surface area contributed by atoms with Crippen LogP contribution in [0.25, 0.3) is 0 Å². The predicted octanol–water partition coefficient (Wildman–Crippen LogP) is 6.78. The molecule has 0 N–H and O–H groups in total. The number of alkyl halides is 3. The first kappa shape index (κ1) is 22.0. The summed E-state index contributed by atoms with van der Waals surface area (Å²) in [6, 6.07) is 5.65. The summed E-state index contributed by atoms with van der Waals surface area (Å²) in [6.45, 7) is 3.49. The summed E-state index contributed by atoms with van der Waals surface area (Å²) in [7, 11) is 0. The maximum atomic E-state index is 12.2. The lowest BCUT2D eigenvalue weighted by atomic mass is 10.0. The Labute approximate surface area is 160 Å². The van der Waals surface area contributed by atoms with Crippen LogP contribution in [-0.2, 0) is 9.47 Å². The largest absolute Gasteiger partial charge is 0.573 e. The van der Waals surface area contributed by atoms with Gasteiger partial charge in [-0.15, -0.1) is 13.2 Å². The summed E-state index contributed by atoms with van der Waals surface area (Å²) in [5.74, 6) is 0.156. The molecule has 154 valence electrons. The van der Waals surface area contributed by atoms with Crippen LogP contribution in [0.15, 0.2) is 24.3 Å². The van der Waals surface area contributed by atoms with Crippen molar-refractivity contribution in [3.05, 3.63) is 29.8 Å². The minimum atomic E-state index is -4.68. The number of hydrogen-bond acceptors (Lipinski definition) is 3. The van der Waals surface area contributed by atoms with Crippen LogP contribution in [0.5, 0.6) is 5.75 Å². The number of unbranched alkanes of at least 4 members (excludes halogenated alkanes) is 7. The fourth-order valence-corrected chi connectivity index (χ4v) is 3.30. The molecule has 27 heavy (non-hydrogen) atoms. The van der Waals surface area contributed by atoms with Gasteiger partial charge in [0, 0.05) is 11.5 Å². The van der Waals surface area contributed by atoms with Crippen molar-refractivity contribution >= 4 is 0 Å². The van der Waals surface area contributed by atoms with Crippen LogP contribution >= 0.6 is 0 Å². The van der Waals surface area contributed by atoms with Gasteiger partial charge in [0.15, 0.2) is 6.29 Å². The van der Waals surface area contributed by atoms with Crippen molar-refractivity contribution in [3.63, 3.8) is 0 Å². The molecule has 1 aliphatic rings. The quantitative estimate of drug-likeness (QED) is 0.391. The van der Waals surface area contributed by atoms with E-state index in [0.29, 0.717) is 24.7 Å². The van der Waals surface area contributed by atoms with Crippen molar-refractivity contribution in [3.8, 4) is 5.75 Å². The predicted molar refractivity (Wildman–Crippen MR) is 98.5 cm³/mol.